The Kier molecular flexibility index (Phi) is 3.25. The maximum atomic E-state index is 12.2. The number of carbonyl (C=O) groups is 1. The van der Waals surface area contributed by atoms with Crippen molar-refractivity contribution in [1.29, 1.82) is 0 Å². The Hall–Kier alpha value is -1.81. The highest BCUT2D eigenvalue weighted by molar-refractivity contribution is 6.06. The van der Waals surface area contributed by atoms with E-state index in [1.165, 1.54) is 0 Å². The van der Waals surface area contributed by atoms with E-state index in [0.29, 0.717) is 12.1 Å². The van der Waals surface area contributed by atoms with Gasteiger partial charge in [0.2, 0.25) is 0 Å². The zero-order valence-electron chi connectivity index (χ0n) is 10.7. The number of nitrogens with one attached hydrogen (secondary N) is 2. The van der Waals surface area contributed by atoms with Crippen LogP contribution in [0.3, 0.4) is 0 Å². The van der Waals surface area contributed by atoms with Crippen molar-refractivity contribution in [2.24, 2.45) is 5.92 Å². The SMILES string of the molecule is O=C(NCC1CCCC1O)c1c[nH]c2ccccc12. The standard InChI is InChI=1S/C15H18N2O2/c18-14-7-3-4-10(14)8-17-15(19)12-9-16-13-6-2-1-5-11(12)13/h1-2,5-6,9-10,14,16,18H,3-4,7-8H2,(H,17,19). The lowest BCUT2D eigenvalue weighted by molar-refractivity contribution is 0.0918. The fourth-order valence-electron chi connectivity index (χ4n) is 2.83. The lowest BCUT2D eigenvalue weighted by Crippen LogP contribution is -2.32. The first-order valence-electron chi connectivity index (χ1n) is 6.78. The Morgan fingerprint density at radius 2 is 2.21 bits per heavy atom. The lowest BCUT2D eigenvalue weighted by Gasteiger charge is -2.14. The molecule has 3 rings (SSSR count). The van der Waals surface area contributed by atoms with E-state index in [0.717, 1.165) is 30.2 Å². The molecule has 2 aromatic rings. The summed E-state index contributed by atoms with van der Waals surface area (Å²) in [6.45, 7) is 0.555. The van der Waals surface area contributed by atoms with Crippen molar-refractivity contribution < 1.29 is 9.90 Å². The van der Waals surface area contributed by atoms with Gasteiger partial charge in [-0.1, -0.05) is 24.6 Å². The highest BCUT2D eigenvalue weighted by Gasteiger charge is 2.25. The zero-order valence-corrected chi connectivity index (χ0v) is 10.7. The molecule has 1 aliphatic carbocycles. The number of H-pyrrole nitrogens is 1. The Morgan fingerprint density at radius 3 is 3.00 bits per heavy atom. The fourth-order valence-corrected chi connectivity index (χ4v) is 2.83. The molecule has 0 bridgehead atoms. The first kappa shape index (κ1) is 12.2. The minimum Gasteiger partial charge on any atom is -0.393 e. The van der Waals surface area contributed by atoms with Crippen LogP contribution in [0.5, 0.6) is 0 Å². The molecule has 1 amide bonds. The first-order valence-corrected chi connectivity index (χ1v) is 6.78. The minimum absolute atomic E-state index is 0.0726. The molecule has 4 heteroatoms. The van der Waals surface area contributed by atoms with E-state index >= 15 is 0 Å². The van der Waals surface area contributed by atoms with Crippen LogP contribution in [-0.2, 0) is 0 Å². The maximum Gasteiger partial charge on any atom is 0.253 e. The van der Waals surface area contributed by atoms with Crippen molar-refractivity contribution in [1.82, 2.24) is 10.3 Å². The van der Waals surface area contributed by atoms with E-state index in [-0.39, 0.29) is 17.9 Å². The topological polar surface area (TPSA) is 65.1 Å². The minimum atomic E-state index is -0.261. The number of aliphatic hydroxyl groups excluding tert-OH is 1. The quantitative estimate of drug-likeness (QED) is 0.789. The predicted octanol–water partition coefficient (Wildman–Crippen LogP) is 2.06. The third-order valence-corrected chi connectivity index (χ3v) is 3.98. The number of fused-ring (bicyclic) bond motifs is 1. The Morgan fingerprint density at radius 1 is 1.37 bits per heavy atom. The molecule has 0 radical (unpaired) electrons. The zero-order chi connectivity index (χ0) is 13.2. The molecule has 1 saturated carbocycles. The molecule has 0 aliphatic heterocycles. The third kappa shape index (κ3) is 2.36. The summed E-state index contributed by atoms with van der Waals surface area (Å²) < 4.78 is 0. The summed E-state index contributed by atoms with van der Waals surface area (Å²) in [7, 11) is 0. The first-order chi connectivity index (χ1) is 9.25. The van der Waals surface area contributed by atoms with Gasteiger partial charge in [-0.25, -0.2) is 0 Å². The molecule has 1 aromatic heterocycles. The number of rotatable bonds is 3. The van der Waals surface area contributed by atoms with E-state index in [1.807, 2.05) is 24.3 Å². The number of aromatic amines is 1. The molecule has 2 atom stereocenters. The fraction of sp³-hybridized carbons (Fsp3) is 0.400. The monoisotopic (exact) mass is 258 g/mol. The smallest absolute Gasteiger partial charge is 0.253 e. The highest BCUT2D eigenvalue weighted by atomic mass is 16.3. The number of hydrogen-bond acceptors (Lipinski definition) is 2. The second-order valence-corrected chi connectivity index (χ2v) is 5.22. The highest BCUT2D eigenvalue weighted by Crippen LogP contribution is 2.25. The lowest BCUT2D eigenvalue weighted by atomic mass is 10.1. The number of aromatic nitrogens is 1. The average Bonchev–Trinajstić information content (AvgIpc) is 3.02. The summed E-state index contributed by atoms with van der Waals surface area (Å²) >= 11 is 0. The molecule has 1 aliphatic rings. The van der Waals surface area contributed by atoms with Gasteiger partial charge in [-0.05, 0) is 18.9 Å². The normalized spacial score (nSPS) is 22.8. The van der Waals surface area contributed by atoms with E-state index in [9.17, 15) is 9.90 Å². The van der Waals surface area contributed by atoms with Gasteiger partial charge in [0.05, 0.1) is 11.7 Å². The van der Waals surface area contributed by atoms with E-state index in [4.69, 9.17) is 0 Å². The number of amides is 1. The summed E-state index contributed by atoms with van der Waals surface area (Å²) in [4.78, 5) is 15.3. The van der Waals surface area contributed by atoms with Crippen molar-refractivity contribution in [2.45, 2.75) is 25.4 Å². The van der Waals surface area contributed by atoms with Crippen LogP contribution in [0.1, 0.15) is 29.6 Å². The van der Waals surface area contributed by atoms with E-state index in [1.54, 1.807) is 6.20 Å². The van der Waals surface area contributed by atoms with E-state index in [2.05, 4.69) is 10.3 Å². The van der Waals surface area contributed by atoms with E-state index < -0.39 is 0 Å². The van der Waals surface area contributed by atoms with Crippen LogP contribution in [-0.4, -0.2) is 28.6 Å². The van der Waals surface area contributed by atoms with Crippen molar-refractivity contribution in [3.63, 3.8) is 0 Å². The molecule has 1 fully saturated rings. The number of hydrogen-bond donors (Lipinski definition) is 3. The molecule has 1 aromatic carbocycles. The molecule has 3 N–H and O–H groups in total. The average molecular weight is 258 g/mol. The van der Waals surface area contributed by atoms with Crippen LogP contribution in [0, 0.1) is 5.92 Å². The molecular weight excluding hydrogens is 240 g/mol. The predicted molar refractivity (Wildman–Crippen MR) is 74.0 cm³/mol. The number of benzene rings is 1. The Bertz CT molecular complexity index is 591. The molecular formula is C15H18N2O2. The summed E-state index contributed by atoms with van der Waals surface area (Å²) in [5.41, 5.74) is 1.64. The second-order valence-electron chi connectivity index (χ2n) is 5.22. The van der Waals surface area contributed by atoms with Crippen LogP contribution in [0.15, 0.2) is 30.5 Å². The van der Waals surface area contributed by atoms with Crippen LogP contribution in [0.25, 0.3) is 10.9 Å². The van der Waals surface area contributed by atoms with Gasteiger partial charge in [-0.2, -0.15) is 0 Å². The number of aliphatic hydroxyl groups is 1. The number of carbonyl (C=O) groups excluding carboxylic acids is 1. The third-order valence-electron chi connectivity index (χ3n) is 3.98. The van der Waals surface area contributed by atoms with Gasteiger partial charge >= 0.3 is 0 Å². The van der Waals surface area contributed by atoms with Crippen molar-refractivity contribution in [3.8, 4) is 0 Å². The van der Waals surface area contributed by atoms with Gasteiger partial charge in [0.25, 0.3) is 5.91 Å². The van der Waals surface area contributed by atoms with Crippen LogP contribution in [0.2, 0.25) is 0 Å². The van der Waals surface area contributed by atoms with Gasteiger partial charge in [-0.15, -0.1) is 0 Å². The summed E-state index contributed by atoms with van der Waals surface area (Å²) in [6, 6.07) is 7.75. The van der Waals surface area contributed by atoms with Gasteiger partial charge in [0.15, 0.2) is 0 Å². The van der Waals surface area contributed by atoms with Crippen LogP contribution >= 0.6 is 0 Å². The largest absolute Gasteiger partial charge is 0.393 e. The summed E-state index contributed by atoms with van der Waals surface area (Å²) in [5, 5.41) is 13.6. The Balaban J connectivity index is 1.70. The summed E-state index contributed by atoms with van der Waals surface area (Å²) in [5.74, 6) is 0.130. The molecule has 2 unspecified atom stereocenters. The Labute approximate surface area is 111 Å². The van der Waals surface area contributed by atoms with Gasteiger partial charge < -0.3 is 15.4 Å². The van der Waals surface area contributed by atoms with Gasteiger partial charge in [-0.3, -0.25) is 4.79 Å². The molecule has 100 valence electrons. The van der Waals surface area contributed by atoms with Gasteiger partial charge in [0, 0.05) is 29.6 Å². The second kappa shape index (κ2) is 5.05. The van der Waals surface area contributed by atoms with Crippen LogP contribution < -0.4 is 5.32 Å². The molecule has 19 heavy (non-hydrogen) atoms. The number of para-hydroxylation sites is 1. The molecule has 4 nitrogen and oxygen atoms in total. The molecule has 1 heterocycles. The van der Waals surface area contributed by atoms with Gasteiger partial charge in [0.1, 0.15) is 0 Å². The summed E-state index contributed by atoms with van der Waals surface area (Å²) in [6.07, 6.45) is 4.38. The van der Waals surface area contributed by atoms with Crippen LogP contribution in [0.4, 0.5) is 0 Å². The van der Waals surface area contributed by atoms with Crippen molar-refractivity contribution in [2.75, 3.05) is 6.54 Å². The van der Waals surface area contributed by atoms with Crippen molar-refractivity contribution in [3.05, 3.63) is 36.0 Å². The molecule has 0 spiro atoms. The molecule has 0 saturated heterocycles. The maximum absolute atomic E-state index is 12.2. The van der Waals surface area contributed by atoms with Crippen molar-refractivity contribution >= 4 is 16.8 Å².